The van der Waals surface area contributed by atoms with Crippen LogP contribution in [-0.2, 0) is 10.0 Å². The van der Waals surface area contributed by atoms with Crippen LogP contribution in [0.1, 0.15) is 0 Å². The summed E-state index contributed by atoms with van der Waals surface area (Å²) in [5.74, 6) is 0.380. The highest BCUT2D eigenvalue weighted by Crippen LogP contribution is 2.26. The number of hydrogen-bond acceptors (Lipinski definition) is 8. The lowest BCUT2D eigenvalue weighted by Gasteiger charge is -2.18. The fourth-order valence-corrected chi connectivity index (χ4v) is 3.55. The molecule has 0 saturated heterocycles. The molecular formula is C10H13N5O5S2. The fourth-order valence-electron chi connectivity index (χ4n) is 1.52. The van der Waals surface area contributed by atoms with Gasteiger partial charge in [0.05, 0.1) is 26.2 Å². The van der Waals surface area contributed by atoms with Crippen LogP contribution in [0.3, 0.4) is 0 Å². The van der Waals surface area contributed by atoms with E-state index in [1.54, 1.807) is 0 Å². The van der Waals surface area contributed by atoms with Crippen molar-refractivity contribution in [3.05, 3.63) is 16.5 Å². The summed E-state index contributed by atoms with van der Waals surface area (Å²) in [6.45, 7) is 0. The number of nitrogens with two attached hydrogens (primary N) is 1. The topological polar surface area (TPSA) is 137 Å². The molecule has 0 fully saturated rings. The Morgan fingerprint density at radius 3 is 2.45 bits per heavy atom. The van der Waals surface area contributed by atoms with Crippen molar-refractivity contribution < 1.29 is 22.7 Å². The first-order chi connectivity index (χ1) is 10.3. The largest absolute Gasteiger partial charge is 0.481 e. The smallest absolute Gasteiger partial charge is 0.330 e. The van der Waals surface area contributed by atoms with Crippen LogP contribution in [0, 0.1) is 0 Å². The number of nitrogens with one attached hydrogen (secondary N) is 1. The monoisotopic (exact) mass is 347 g/mol. The van der Waals surface area contributed by atoms with Gasteiger partial charge in [0.2, 0.25) is 17.7 Å². The van der Waals surface area contributed by atoms with Gasteiger partial charge in [-0.2, -0.15) is 9.97 Å². The number of urea groups is 1. The Balaban J connectivity index is 2.21. The van der Waals surface area contributed by atoms with E-state index in [1.165, 1.54) is 25.7 Å². The molecule has 0 saturated carbocycles. The van der Waals surface area contributed by atoms with Crippen molar-refractivity contribution in [2.75, 3.05) is 25.4 Å². The zero-order valence-corrected chi connectivity index (χ0v) is 13.3. The maximum absolute atomic E-state index is 12.2. The molecular weight excluding hydrogens is 334 g/mol. The summed E-state index contributed by atoms with van der Waals surface area (Å²) in [4.78, 5) is 21.0. The van der Waals surface area contributed by atoms with Crippen LogP contribution in [0.25, 0.3) is 0 Å². The molecule has 0 aromatic carbocycles. The molecule has 1 aromatic heterocycles. The van der Waals surface area contributed by atoms with Crippen molar-refractivity contribution in [1.29, 1.82) is 0 Å². The van der Waals surface area contributed by atoms with Crippen LogP contribution in [0.5, 0.6) is 11.8 Å². The number of thioether (sulfide) groups is 1. The van der Waals surface area contributed by atoms with E-state index in [0.717, 1.165) is 16.7 Å². The number of hydrogen-bond donors (Lipinski definition) is 2. The van der Waals surface area contributed by atoms with E-state index < -0.39 is 16.1 Å². The number of carbonyl (C=O) groups excluding carboxylic acids is 1. The van der Waals surface area contributed by atoms with Gasteiger partial charge in [0, 0.05) is 5.41 Å². The predicted molar refractivity (Wildman–Crippen MR) is 79.6 cm³/mol. The van der Waals surface area contributed by atoms with E-state index in [2.05, 4.69) is 15.3 Å². The molecule has 1 aliphatic rings. The highest BCUT2D eigenvalue weighted by atomic mass is 32.2. The minimum atomic E-state index is -4.00. The molecule has 22 heavy (non-hydrogen) atoms. The number of sulfonamides is 1. The van der Waals surface area contributed by atoms with E-state index in [-0.39, 0.29) is 28.6 Å². The van der Waals surface area contributed by atoms with Crippen molar-refractivity contribution in [2.24, 2.45) is 5.14 Å². The molecule has 0 aliphatic carbocycles. The molecule has 10 nitrogen and oxygen atoms in total. The average molecular weight is 347 g/mol. The molecule has 1 aromatic rings. The maximum Gasteiger partial charge on any atom is 0.330 e. The van der Waals surface area contributed by atoms with Crippen LogP contribution in [0.4, 0.5) is 10.7 Å². The third-order valence-corrected chi connectivity index (χ3v) is 4.37. The number of nitrogens with zero attached hydrogens (tertiary/aromatic N) is 3. The van der Waals surface area contributed by atoms with E-state index in [9.17, 15) is 13.2 Å². The van der Waals surface area contributed by atoms with Gasteiger partial charge in [-0.15, -0.1) is 11.8 Å². The molecule has 0 radical (unpaired) electrons. The molecule has 2 heterocycles. The maximum atomic E-state index is 12.2. The van der Waals surface area contributed by atoms with Crippen molar-refractivity contribution in [1.82, 2.24) is 14.9 Å². The van der Waals surface area contributed by atoms with Gasteiger partial charge in [0.25, 0.3) is 10.0 Å². The van der Waals surface area contributed by atoms with E-state index >= 15 is 0 Å². The van der Waals surface area contributed by atoms with Gasteiger partial charge in [-0.1, -0.05) is 0 Å². The highest BCUT2D eigenvalue weighted by Gasteiger charge is 2.30. The molecule has 0 spiro atoms. The second-order valence-corrected chi connectivity index (χ2v) is 6.27. The molecule has 120 valence electrons. The van der Waals surface area contributed by atoms with Crippen LogP contribution in [0.2, 0.25) is 0 Å². The number of primary sulfonamides is 1. The summed E-state index contributed by atoms with van der Waals surface area (Å²) in [6.07, 6.45) is 0. The zero-order valence-electron chi connectivity index (χ0n) is 11.6. The van der Waals surface area contributed by atoms with Crippen molar-refractivity contribution >= 4 is 33.8 Å². The van der Waals surface area contributed by atoms with Crippen molar-refractivity contribution in [3.8, 4) is 11.8 Å². The second-order valence-electron chi connectivity index (χ2n) is 3.93. The number of aromatic nitrogens is 2. The number of carbonyl (C=O) groups is 1. The van der Waals surface area contributed by atoms with Crippen LogP contribution in [0.15, 0.2) is 16.5 Å². The standard InChI is InChI=1S/C10H13N5O5S2/c1-19-6-3-7(20-2)13-9(12-6)14-10(16)15-5-21-4-8(15)22(11,17)18/h3-4H,5H2,1-2H3,(H2,11,17,18)(H,12,13,14,16). The van der Waals surface area contributed by atoms with Crippen LogP contribution < -0.4 is 19.9 Å². The Hall–Kier alpha value is -2.05. The predicted octanol–water partition coefficient (Wildman–Crippen LogP) is 0.119. The minimum Gasteiger partial charge on any atom is -0.481 e. The van der Waals surface area contributed by atoms with Gasteiger partial charge in [0.1, 0.15) is 0 Å². The summed E-state index contributed by atoms with van der Waals surface area (Å²) in [5.41, 5.74) is 0. The first-order valence-corrected chi connectivity index (χ1v) is 8.35. The molecule has 2 amide bonds. The summed E-state index contributed by atoms with van der Waals surface area (Å²) in [6, 6.07) is 0.692. The van der Waals surface area contributed by atoms with Crippen LogP contribution in [-0.4, -0.2) is 49.4 Å². The second kappa shape index (κ2) is 6.37. The molecule has 3 N–H and O–H groups in total. The third-order valence-electron chi connectivity index (χ3n) is 2.51. The molecule has 2 rings (SSSR count). The molecule has 0 bridgehead atoms. The lowest BCUT2D eigenvalue weighted by molar-refractivity contribution is 0.233. The molecule has 0 atom stereocenters. The number of ether oxygens (including phenoxy) is 2. The molecule has 12 heteroatoms. The Labute approximate surface area is 130 Å². The Bertz CT molecular complexity index is 698. The lowest BCUT2D eigenvalue weighted by Crippen LogP contribution is -2.36. The lowest BCUT2D eigenvalue weighted by atomic mass is 10.6. The Morgan fingerprint density at radius 1 is 1.36 bits per heavy atom. The van der Waals surface area contributed by atoms with Crippen molar-refractivity contribution in [3.63, 3.8) is 0 Å². The quantitative estimate of drug-likeness (QED) is 0.783. The van der Waals surface area contributed by atoms with E-state index in [4.69, 9.17) is 14.6 Å². The summed E-state index contributed by atoms with van der Waals surface area (Å²) < 4.78 is 32.7. The SMILES string of the molecule is COc1cc(OC)nc(NC(=O)N2CSC=C2S(N)(=O)=O)n1. The molecule has 0 unspecified atom stereocenters. The van der Waals surface area contributed by atoms with Gasteiger partial charge in [-0.3, -0.25) is 10.2 Å². The number of methoxy groups -OCH3 is 2. The fraction of sp³-hybridized carbons (Fsp3) is 0.300. The summed E-state index contributed by atoms with van der Waals surface area (Å²) >= 11 is 1.13. The van der Waals surface area contributed by atoms with Gasteiger partial charge < -0.3 is 9.47 Å². The third kappa shape index (κ3) is 3.58. The van der Waals surface area contributed by atoms with Gasteiger partial charge in [-0.25, -0.2) is 18.4 Å². The van der Waals surface area contributed by atoms with Crippen molar-refractivity contribution in [2.45, 2.75) is 0 Å². The minimum absolute atomic E-state index is 0.0909. The first-order valence-electron chi connectivity index (χ1n) is 5.75. The van der Waals surface area contributed by atoms with Gasteiger partial charge in [-0.05, 0) is 0 Å². The highest BCUT2D eigenvalue weighted by molar-refractivity contribution is 8.04. The normalized spacial score (nSPS) is 14.5. The van der Waals surface area contributed by atoms with E-state index in [1.807, 2.05) is 0 Å². The molecule has 1 aliphatic heterocycles. The Kier molecular flexibility index (Phi) is 4.73. The van der Waals surface area contributed by atoms with Crippen LogP contribution >= 0.6 is 11.8 Å². The van der Waals surface area contributed by atoms with E-state index in [0.29, 0.717) is 0 Å². The zero-order chi connectivity index (χ0) is 16.3. The Morgan fingerprint density at radius 2 is 1.95 bits per heavy atom. The average Bonchev–Trinajstić information content (AvgIpc) is 2.96. The number of rotatable bonds is 4. The van der Waals surface area contributed by atoms with Gasteiger partial charge >= 0.3 is 6.03 Å². The number of amides is 2. The van der Waals surface area contributed by atoms with Gasteiger partial charge in [0.15, 0.2) is 5.03 Å². The summed E-state index contributed by atoms with van der Waals surface area (Å²) in [5, 5.41) is 8.42. The number of anilines is 1. The first kappa shape index (κ1) is 16.3. The summed E-state index contributed by atoms with van der Waals surface area (Å²) in [7, 11) is -1.21.